The van der Waals surface area contributed by atoms with Crippen molar-refractivity contribution in [3.8, 4) is 0 Å². The summed E-state index contributed by atoms with van der Waals surface area (Å²) in [6.07, 6.45) is 0. The standard InChI is InChI=1S/C13H9BrClNOS/c14-9-3-6-12(11(15)7-9)16-13(17)8-1-4-10(18)5-2-8/h1-7,18H,(H,16,17). The quantitative estimate of drug-likeness (QED) is 0.765. The lowest BCUT2D eigenvalue weighted by atomic mass is 10.2. The summed E-state index contributed by atoms with van der Waals surface area (Å²) >= 11 is 13.5. The molecule has 2 aromatic rings. The molecule has 2 aromatic carbocycles. The van der Waals surface area contributed by atoms with Crippen molar-refractivity contribution >= 4 is 51.8 Å². The summed E-state index contributed by atoms with van der Waals surface area (Å²) in [5.74, 6) is -0.201. The zero-order chi connectivity index (χ0) is 13.1. The van der Waals surface area contributed by atoms with Crippen LogP contribution in [-0.2, 0) is 0 Å². The lowest BCUT2D eigenvalue weighted by Gasteiger charge is -2.07. The van der Waals surface area contributed by atoms with Gasteiger partial charge in [-0.05, 0) is 42.5 Å². The third kappa shape index (κ3) is 3.28. The molecule has 92 valence electrons. The molecule has 0 aromatic heterocycles. The van der Waals surface area contributed by atoms with Crippen LogP contribution in [0.3, 0.4) is 0 Å². The van der Waals surface area contributed by atoms with Crippen LogP contribution in [0.5, 0.6) is 0 Å². The number of amides is 1. The van der Waals surface area contributed by atoms with Crippen LogP contribution < -0.4 is 5.32 Å². The summed E-state index contributed by atoms with van der Waals surface area (Å²) < 4.78 is 0.866. The van der Waals surface area contributed by atoms with Crippen LogP contribution in [0.15, 0.2) is 51.8 Å². The molecule has 0 aliphatic heterocycles. The smallest absolute Gasteiger partial charge is 0.255 e. The number of thiol groups is 1. The number of hydrogen-bond donors (Lipinski definition) is 2. The van der Waals surface area contributed by atoms with Crippen LogP contribution in [0.2, 0.25) is 5.02 Å². The summed E-state index contributed by atoms with van der Waals surface area (Å²) in [5.41, 5.74) is 1.15. The van der Waals surface area contributed by atoms with Crippen molar-refractivity contribution in [2.45, 2.75) is 4.90 Å². The summed E-state index contributed by atoms with van der Waals surface area (Å²) in [5, 5.41) is 3.25. The Kier molecular flexibility index (Phi) is 4.32. The van der Waals surface area contributed by atoms with Crippen molar-refractivity contribution in [3.05, 3.63) is 57.5 Å². The largest absolute Gasteiger partial charge is 0.321 e. The van der Waals surface area contributed by atoms with Gasteiger partial charge in [0.2, 0.25) is 0 Å². The predicted octanol–water partition coefficient (Wildman–Crippen LogP) is 4.64. The Morgan fingerprint density at radius 2 is 1.83 bits per heavy atom. The molecule has 1 N–H and O–H groups in total. The molecule has 2 nitrogen and oxygen atoms in total. The number of carbonyl (C=O) groups excluding carboxylic acids is 1. The van der Waals surface area contributed by atoms with Crippen LogP contribution in [-0.4, -0.2) is 5.91 Å². The fourth-order valence-corrected chi connectivity index (χ4v) is 2.27. The molecule has 0 spiro atoms. The molecular weight excluding hydrogens is 334 g/mol. The van der Waals surface area contributed by atoms with Gasteiger partial charge in [0.25, 0.3) is 5.91 Å². The van der Waals surface area contributed by atoms with Crippen LogP contribution in [0, 0.1) is 0 Å². The molecule has 0 atom stereocenters. The number of benzene rings is 2. The maximum absolute atomic E-state index is 12.0. The Morgan fingerprint density at radius 1 is 1.17 bits per heavy atom. The first-order valence-corrected chi connectivity index (χ1v) is 6.73. The van der Waals surface area contributed by atoms with Crippen molar-refractivity contribution in [3.63, 3.8) is 0 Å². The summed E-state index contributed by atoms with van der Waals surface area (Å²) in [6.45, 7) is 0. The number of rotatable bonds is 2. The third-order valence-electron chi connectivity index (χ3n) is 2.31. The van der Waals surface area contributed by atoms with E-state index in [0.29, 0.717) is 16.3 Å². The highest BCUT2D eigenvalue weighted by molar-refractivity contribution is 9.10. The Morgan fingerprint density at radius 3 is 2.44 bits per heavy atom. The number of halogens is 2. The summed E-state index contributed by atoms with van der Waals surface area (Å²) in [4.78, 5) is 12.8. The molecule has 0 heterocycles. The predicted molar refractivity (Wildman–Crippen MR) is 80.8 cm³/mol. The fraction of sp³-hybridized carbons (Fsp3) is 0. The first-order chi connectivity index (χ1) is 8.56. The van der Waals surface area contributed by atoms with Gasteiger partial charge in [-0.3, -0.25) is 4.79 Å². The van der Waals surface area contributed by atoms with Crippen molar-refractivity contribution < 1.29 is 4.79 Å². The Labute approximate surface area is 124 Å². The van der Waals surface area contributed by atoms with Gasteiger partial charge >= 0.3 is 0 Å². The Bertz CT molecular complexity index is 586. The van der Waals surface area contributed by atoms with E-state index in [1.54, 1.807) is 36.4 Å². The topological polar surface area (TPSA) is 29.1 Å². The van der Waals surface area contributed by atoms with Gasteiger partial charge in [0, 0.05) is 14.9 Å². The van der Waals surface area contributed by atoms with E-state index in [1.165, 1.54) is 0 Å². The molecule has 5 heteroatoms. The lowest BCUT2D eigenvalue weighted by Crippen LogP contribution is -2.11. The molecule has 18 heavy (non-hydrogen) atoms. The Balaban J connectivity index is 2.18. The van der Waals surface area contributed by atoms with Crippen LogP contribution >= 0.6 is 40.2 Å². The number of anilines is 1. The van der Waals surface area contributed by atoms with E-state index in [0.717, 1.165) is 9.37 Å². The molecule has 0 unspecified atom stereocenters. The molecule has 0 fully saturated rings. The van der Waals surface area contributed by atoms with Crippen molar-refractivity contribution in [1.82, 2.24) is 0 Å². The van der Waals surface area contributed by atoms with E-state index in [1.807, 2.05) is 6.07 Å². The molecule has 0 saturated heterocycles. The van der Waals surface area contributed by atoms with E-state index >= 15 is 0 Å². The average Bonchev–Trinajstić information content (AvgIpc) is 2.33. The van der Waals surface area contributed by atoms with E-state index in [-0.39, 0.29) is 5.91 Å². The van der Waals surface area contributed by atoms with Gasteiger partial charge < -0.3 is 5.32 Å². The molecule has 0 radical (unpaired) electrons. The molecule has 0 bridgehead atoms. The first kappa shape index (κ1) is 13.5. The minimum Gasteiger partial charge on any atom is -0.321 e. The minimum atomic E-state index is -0.201. The molecule has 0 aliphatic carbocycles. The van der Waals surface area contributed by atoms with Gasteiger partial charge in [0.15, 0.2) is 0 Å². The molecule has 0 saturated carbocycles. The van der Waals surface area contributed by atoms with E-state index < -0.39 is 0 Å². The van der Waals surface area contributed by atoms with Crippen molar-refractivity contribution in [2.75, 3.05) is 5.32 Å². The SMILES string of the molecule is O=C(Nc1ccc(Br)cc1Cl)c1ccc(S)cc1. The second-order valence-electron chi connectivity index (χ2n) is 3.63. The van der Waals surface area contributed by atoms with Crippen LogP contribution in [0.4, 0.5) is 5.69 Å². The van der Waals surface area contributed by atoms with E-state index in [2.05, 4.69) is 33.9 Å². The maximum atomic E-state index is 12.0. The maximum Gasteiger partial charge on any atom is 0.255 e. The van der Waals surface area contributed by atoms with E-state index in [4.69, 9.17) is 11.6 Å². The van der Waals surface area contributed by atoms with Crippen molar-refractivity contribution in [2.24, 2.45) is 0 Å². The van der Waals surface area contributed by atoms with Crippen molar-refractivity contribution in [1.29, 1.82) is 0 Å². The molecule has 1 amide bonds. The van der Waals surface area contributed by atoms with Gasteiger partial charge in [0.1, 0.15) is 0 Å². The highest BCUT2D eigenvalue weighted by atomic mass is 79.9. The highest BCUT2D eigenvalue weighted by Gasteiger charge is 2.08. The zero-order valence-corrected chi connectivity index (χ0v) is 12.4. The average molecular weight is 343 g/mol. The summed E-state index contributed by atoms with van der Waals surface area (Å²) in [7, 11) is 0. The van der Waals surface area contributed by atoms with Gasteiger partial charge in [-0.1, -0.05) is 27.5 Å². The van der Waals surface area contributed by atoms with Gasteiger partial charge in [0.05, 0.1) is 10.7 Å². The van der Waals surface area contributed by atoms with Crippen LogP contribution in [0.25, 0.3) is 0 Å². The van der Waals surface area contributed by atoms with Gasteiger partial charge in [-0.25, -0.2) is 0 Å². The van der Waals surface area contributed by atoms with E-state index in [9.17, 15) is 4.79 Å². The number of hydrogen-bond acceptors (Lipinski definition) is 2. The summed E-state index contributed by atoms with van der Waals surface area (Å²) in [6, 6.07) is 12.3. The zero-order valence-electron chi connectivity index (χ0n) is 9.15. The fourth-order valence-electron chi connectivity index (χ4n) is 1.40. The van der Waals surface area contributed by atoms with Crippen LogP contribution in [0.1, 0.15) is 10.4 Å². The monoisotopic (exact) mass is 341 g/mol. The Hall–Kier alpha value is -0.970. The molecular formula is C13H9BrClNOS. The minimum absolute atomic E-state index is 0.201. The molecule has 2 rings (SSSR count). The number of carbonyl (C=O) groups is 1. The lowest BCUT2D eigenvalue weighted by molar-refractivity contribution is 0.102. The van der Waals surface area contributed by atoms with Gasteiger partial charge in [-0.2, -0.15) is 0 Å². The normalized spacial score (nSPS) is 10.2. The third-order valence-corrected chi connectivity index (χ3v) is 3.41. The number of nitrogens with one attached hydrogen (secondary N) is 1. The second-order valence-corrected chi connectivity index (χ2v) is 5.46. The first-order valence-electron chi connectivity index (χ1n) is 5.12. The molecule has 0 aliphatic rings. The highest BCUT2D eigenvalue weighted by Crippen LogP contribution is 2.26. The second kappa shape index (κ2) is 5.78. The van der Waals surface area contributed by atoms with Gasteiger partial charge in [-0.15, -0.1) is 12.6 Å².